The fraction of sp³-hybridized carbons (Fsp3) is 0.500. The van der Waals surface area contributed by atoms with E-state index in [1.54, 1.807) is 4.68 Å². The van der Waals surface area contributed by atoms with Crippen molar-refractivity contribution in [2.24, 2.45) is 0 Å². The number of rotatable bonds is 5. The first-order chi connectivity index (χ1) is 12.1. The van der Waals surface area contributed by atoms with Gasteiger partial charge in [-0.3, -0.25) is 0 Å². The van der Waals surface area contributed by atoms with E-state index in [1.807, 2.05) is 38.1 Å². The van der Waals surface area contributed by atoms with Crippen LogP contribution in [0.1, 0.15) is 37.3 Å². The molecular formula is C18H25N5O2. The van der Waals surface area contributed by atoms with E-state index in [0.29, 0.717) is 18.1 Å². The largest absolute Gasteiger partial charge is 0.378 e. The van der Waals surface area contributed by atoms with Gasteiger partial charge in [-0.2, -0.15) is 5.10 Å². The van der Waals surface area contributed by atoms with Gasteiger partial charge in [0.25, 0.3) is 0 Å². The highest BCUT2D eigenvalue weighted by molar-refractivity contribution is 5.91. The Kier molecular flexibility index (Phi) is 5.65. The predicted octanol–water partition coefficient (Wildman–Crippen LogP) is 2.96. The molecule has 2 amide bonds. The molecule has 1 aromatic heterocycles. The molecule has 25 heavy (non-hydrogen) atoms. The third-order valence-electron chi connectivity index (χ3n) is 4.28. The van der Waals surface area contributed by atoms with Crippen molar-refractivity contribution in [1.82, 2.24) is 20.1 Å². The van der Waals surface area contributed by atoms with Gasteiger partial charge in [0.15, 0.2) is 0 Å². The van der Waals surface area contributed by atoms with Gasteiger partial charge in [-0.15, -0.1) is 0 Å². The van der Waals surface area contributed by atoms with E-state index in [-0.39, 0.29) is 12.1 Å². The first-order valence-corrected chi connectivity index (χ1v) is 8.79. The van der Waals surface area contributed by atoms with Crippen molar-refractivity contribution in [3.63, 3.8) is 0 Å². The van der Waals surface area contributed by atoms with E-state index < -0.39 is 0 Å². The van der Waals surface area contributed by atoms with E-state index in [9.17, 15) is 4.79 Å². The summed E-state index contributed by atoms with van der Waals surface area (Å²) < 4.78 is 7.42. The molecule has 0 bridgehead atoms. The predicted molar refractivity (Wildman–Crippen MR) is 96.1 cm³/mol. The Morgan fingerprint density at radius 3 is 2.88 bits per heavy atom. The Bertz CT molecular complexity index is 722. The van der Waals surface area contributed by atoms with Gasteiger partial charge in [-0.25, -0.2) is 14.5 Å². The highest BCUT2D eigenvalue weighted by Gasteiger charge is 2.15. The van der Waals surface area contributed by atoms with Crippen LogP contribution in [0.3, 0.4) is 0 Å². The molecule has 3 rings (SSSR count). The summed E-state index contributed by atoms with van der Waals surface area (Å²) in [5.74, 6) is 1.48. The molecular weight excluding hydrogens is 318 g/mol. The molecule has 1 saturated heterocycles. The van der Waals surface area contributed by atoms with Crippen LogP contribution >= 0.6 is 0 Å². The third kappa shape index (κ3) is 4.57. The number of amides is 2. The Balaban J connectivity index is 1.59. The van der Waals surface area contributed by atoms with Crippen LogP contribution in [0.2, 0.25) is 0 Å². The molecule has 134 valence electrons. The summed E-state index contributed by atoms with van der Waals surface area (Å²) >= 11 is 0. The van der Waals surface area contributed by atoms with Gasteiger partial charge in [0.05, 0.1) is 17.5 Å². The fourth-order valence-corrected chi connectivity index (χ4v) is 3.06. The lowest BCUT2D eigenvalue weighted by atomic mass is 10.1. The molecule has 2 aromatic rings. The van der Waals surface area contributed by atoms with Crippen LogP contribution < -0.4 is 10.6 Å². The number of anilines is 1. The minimum Gasteiger partial charge on any atom is -0.378 e. The van der Waals surface area contributed by atoms with Crippen molar-refractivity contribution in [3.05, 3.63) is 35.9 Å². The molecule has 1 aromatic carbocycles. The second-order valence-corrected chi connectivity index (χ2v) is 6.29. The molecule has 7 heteroatoms. The van der Waals surface area contributed by atoms with E-state index in [1.165, 1.54) is 6.42 Å². The van der Waals surface area contributed by atoms with Gasteiger partial charge in [-0.05, 0) is 51.7 Å². The van der Waals surface area contributed by atoms with Gasteiger partial charge in [0.2, 0.25) is 0 Å². The number of hydrogen-bond donors (Lipinski definition) is 2. The number of aromatic nitrogens is 3. The average Bonchev–Trinajstić information content (AvgIpc) is 2.94. The number of carbonyl (C=O) groups excluding carboxylic acids is 1. The van der Waals surface area contributed by atoms with Crippen LogP contribution in [-0.2, 0) is 4.74 Å². The topological polar surface area (TPSA) is 81.1 Å². The highest BCUT2D eigenvalue weighted by atomic mass is 16.5. The van der Waals surface area contributed by atoms with Crippen molar-refractivity contribution < 1.29 is 9.53 Å². The molecule has 2 N–H and O–H groups in total. The lowest BCUT2D eigenvalue weighted by Crippen LogP contribution is -2.32. The summed E-state index contributed by atoms with van der Waals surface area (Å²) in [6, 6.07) is 7.34. The number of benzene rings is 1. The number of aryl methyl sites for hydroxylation is 2. The molecule has 1 aliphatic rings. The van der Waals surface area contributed by atoms with E-state index in [4.69, 9.17) is 4.74 Å². The maximum atomic E-state index is 12.2. The zero-order valence-corrected chi connectivity index (χ0v) is 14.8. The summed E-state index contributed by atoms with van der Waals surface area (Å²) in [6.07, 6.45) is 4.54. The number of ether oxygens (including phenoxy) is 1. The zero-order chi connectivity index (χ0) is 17.6. The molecule has 0 radical (unpaired) electrons. The number of urea groups is 1. The van der Waals surface area contributed by atoms with Crippen molar-refractivity contribution in [3.8, 4) is 5.69 Å². The molecule has 2 heterocycles. The van der Waals surface area contributed by atoms with E-state index in [0.717, 1.165) is 37.4 Å². The monoisotopic (exact) mass is 343 g/mol. The quantitative estimate of drug-likeness (QED) is 0.874. The molecule has 0 unspecified atom stereocenters. The van der Waals surface area contributed by atoms with Crippen molar-refractivity contribution in [2.75, 3.05) is 18.5 Å². The Labute approximate surface area is 147 Å². The van der Waals surface area contributed by atoms with Gasteiger partial charge in [0.1, 0.15) is 11.6 Å². The molecule has 0 saturated carbocycles. The van der Waals surface area contributed by atoms with E-state index in [2.05, 4.69) is 20.7 Å². The van der Waals surface area contributed by atoms with Crippen molar-refractivity contribution in [1.29, 1.82) is 0 Å². The average molecular weight is 343 g/mol. The molecule has 7 nitrogen and oxygen atoms in total. The second kappa shape index (κ2) is 8.11. The third-order valence-corrected chi connectivity index (χ3v) is 4.28. The number of carbonyl (C=O) groups is 1. The normalized spacial score (nSPS) is 17.3. The minimum absolute atomic E-state index is 0.224. The molecule has 1 atom stereocenters. The van der Waals surface area contributed by atoms with Gasteiger partial charge < -0.3 is 15.4 Å². The fourth-order valence-electron chi connectivity index (χ4n) is 3.06. The molecule has 0 spiro atoms. The molecule has 1 aliphatic heterocycles. The number of para-hydroxylation sites is 2. The summed E-state index contributed by atoms with van der Waals surface area (Å²) in [5, 5.41) is 10.2. The van der Waals surface area contributed by atoms with Crippen LogP contribution in [0.5, 0.6) is 0 Å². The number of nitrogens with zero attached hydrogens (tertiary/aromatic N) is 3. The Hall–Kier alpha value is -2.41. The summed E-state index contributed by atoms with van der Waals surface area (Å²) in [6.45, 7) is 5.17. The molecule has 1 fully saturated rings. The SMILES string of the molecule is Cc1nc(C)n(-c2ccccc2NC(=O)NCC[C@@H]2CCCCO2)n1. The molecule has 0 aliphatic carbocycles. The van der Waals surface area contributed by atoms with Crippen LogP contribution in [0.15, 0.2) is 24.3 Å². The number of nitrogens with one attached hydrogen (secondary N) is 2. The maximum absolute atomic E-state index is 12.2. The van der Waals surface area contributed by atoms with E-state index >= 15 is 0 Å². The first-order valence-electron chi connectivity index (χ1n) is 8.79. The Morgan fingerprint density at radius 2 is 2.16 bits per heavy atom. The number of hydrogen-bond acceptors (Lipinski definition) is 4. The van der Waals surface area contributed by atoms with Crippen LogP contribution in [-0.4, -0.2) is 40.1 Å². The first kappa shape index (κ1) is 17.4. The minimum atomic E-state index is -0.224. The van der Waals surface area contributed by atoms with Crippen molar-refractivity contribution >= 4 is 11.7 Å². The lowest BCUT2D eigenvalue weighted by molar-refractivity contribution is 0.0120. The summed E-state index contributed by atoms with van der Waals surface area (Å²) in [7, 11) is 0. The summed E-state index contributed by atoms with van der Waals surface area (Å²) in [4.78, 5) is 16.5. The maximum Gasteiger partial charge on any atom is 0.319 e. The van der Waals surface area contributed by atoms with Gasteiger partial charge in [0, 0.05) is 13.2 Å². The lowest BCUT2D eigenvalue weighted by Gasteiger charge is -2.22. The zero-order valence-electron chi connectivity index (χ0n) is 14.8. The highest BCUT2D eigenvalue weighted by Crippen LogP contribution is 2.20. The smallest absolute Gasteiger partial charge is 0.319 e. The second-order valence-electron chi connectivity index (χ2n) is 6.29. The van der Waals surface area contributed by atoms with Crippen LogP contribution in [0, 0.1) is 13.8 Å². The van der Waals surface area contributed by atoms with Gasteiger partial charge in [-0.1, -0.05) is 12.1 Å². The van der Waals surface area contributed by atoms with Crippen molar-refractivity contribution in [2.45, 2.75) is 45.6 Å². The van der Waals surface area contributed by atoms with Gasteiger partial charge >= 0.3 is 6.03 Å². The Morgan fingerprint density at radius 1 is 1.32 bits per heavy atom. The van der Waals surface area contributed by atoms with Crippen LogP contribution in [0.25, 0.3) is 5.69 Å². The standard InChI is InChI=1S/C18H25N5O2/c1-13-20-14(2)23(22-13)17-9-4-3-8-16(17)21-18(24)19-11-10-15-7-5-6-12-25-15/h3-4,8-9,15H,5-7,10-12H2,1-2H3,(H2,19,21,24)/t15-/m0/s1. The summed E-state index contributed by atoms with van der Waals surface area (Å²) in [5.41, 5.74) is 1.49. The van der Waals surface area contributed by atoms with Crippen LogP contribution in [0.4, 0.5) is 10.5 Å².